The lowest BCUT2D eigenvalue weighted by atomic mass is 10.0. The molecule has 2 fully saturated rings. The standard InChI is InChI=1S/C21H18ClFN4OS/c22-16-9-15-18(10-14(16)13-3-1-2-4-17(13)23)24-12-25-20(15)26-5-7-27(8-6-26)21(28)19-11-29-19/h1-4,9-10,12,19H,5-8,11H2/p+1/t19-/m0/s1. The van der Waals surface area contributed by atoms with E-state index in [1.165, 1.54) is 24.2 Å². The van der Waals surface area contributed by atoms with Crippen molar-refractivity contribution in [2.24, 2.45) is 0 Å². The van der Waals surface area contributed by atoms with Gasteiger partial charge in [-0.15, -0.1) is 0 Å². The van der Waals surface area contributed by atoms with Crippen LogP contribution >= 0.6 is 11.6 Å². The summed E-state index contributed by atoms with van der Waals surface area (Å²) in [6.45, 7) is 2.82. The highest BCUT2D eigenvalue weighted by molar-refractivity contribution is 7.87. The first-order chi connectivity index (χ1) is 14.1. The molecule has 29 heavy (non-hydrogen) atoms. The largest absolute Gasteiger partial charge is 0.352 e. The van der Waals surface area contributed by atoms with Gasteiger partial charge in [-0.2, -0.15) is 0 Å². The van der Waals surface area contributed by atoms with Crippen LogP contribution in [0.5, 0.6) is 0 Å². The van der Waals surface area contributed by atoms with E-state index < -0.39 is 0 Å². The lowest BCUT2D eigenvalue weighted by Crippen LogP contribution is -2.50. The second kappa shape index (κ2) is 7.46. The quantitative estimate of drug-likeness (QED) is 0.365. The molecule has 0 saturated carbocycles. The van der Waals surface area contributed by atoms with Crippen molar-refractivity contribution in [2.75, 3.05) is 36.8 Å². The third-order valence-electron chi connectivity index (χ3n) is 5.41. The average Bonchev–Trinajstić information content (AvgIpc) is 3.59. The number of thiol groups is 1. The number of anilines is 1. The van der Waals surface area contributed by atoms with Crippen molar-refractivity contribution in [3.8, 4) is 11.1 Å². The summed E-state index contributed by atoms with van der Waals surface area (Å²) in [7, 11) is 0. The third-order valence-corrected chi connectivity index (χ3v) is 6.67. The number of hydrogen-bond donors (Lipinski definition) is 0. The van der Waals surface area contributed by atoms with Gasteiger partial charge in [0.25, 0.3) is 5.91 Å². The molecule has 3 aromatic rings. The van der Waals surface area contributed by atoms with Crippen LogP contribution in [0.4, 0.5) is 10.2 Å². The van der Waals surface area contributed by atoms with Gasteiger partial charge in [0, 0.05) is 47.7 Å². The SMILES string of the molecule is O=C([C@@H]1C[SH+]1)N1CCN(c2ncnc3cc(-c4ccccc4F)c(Cl)cc23)CC1. The van der Waals surface area contributed by atoms with Crippen LogP contribution in [0.1, 0.15) is 0 Å². The normalized spacial score (nSPS) is 18.9. The molecule has 3 heterocycles. The molecule has 1 atom stereocenters. The minimum Gasteiger partial charge on any atom is -0.352 e. The van der Waals surface area contributed by atoms with Gasteiger partial charge in [0.1, 0.15) is 18.0 Å². The Morgan fingerprint density at radius 1 is 1.10 bits per heavy atom. The third kappa shape index (κ3) is 3.53. The van der Waals surface area contributed by atoms with E-state index in [1.807, 2.05) is 17.0 Å². The Bertz CT molecular complexity index is 1100. The van der Waals surface area contributed by atoms with Gasteiger partial charge in [-0.25, -0.2) is 14.4 Å². The first-order valence-electron chi connectivity index (χ1n) is 9.51. The number of nitrogens with zero attached hydrogens (tertiary/aromatic N) is 4. The summed E-state index contributed by atoms with van der Waals surface area (Å²) in [4.78, 5) is 25.3. The van der Waals surface area contributed by atoms with Gasteiger partial charge in [-0.3, -0.25) is 4.79 Å². The molecule has 0 spiro atoms. The summed E-state index contributed by atoms with van der Waals surface area (Å²) in [6, 6.07) is 10.2. The van der Waals surface area contributed by atoms with Crippen molar-refractivity contribution in [3.63, 3.8) is 0 Å². The average molecular weight is 430 g/mol. The number of rotatable bonds is 3. The smallest absolute Gasteiger partial charge is 0.280 e. The van der Waals surface area contributed by atoms with Crippen LogP contribution in [0.15, 0.2) is 42.7 Å². The van der Waals surface area contributed by atoms with Crippen LogP contribution in [0.25, 0.3) is 22.0 Å². The highest BCUT2D eigenvalue weighted by atomic mass is 35.5. The lowest BCUT2D eigenvalue weighted by Gasteiger charge is -2.35. The van der Waals surface area contributed by atoms with Crippen LogP contribution in [0.2, 0.25) is 5.02 Å². The molecular weight excluding hydrogens is 411 g/mol. The second-order valence-corrected chi connectivity index (χ2v) is 8.98. The van der Waals surface area contributed by atoms with Crippen molar-refractivity contribution in [1.82, 2.24) is 14.9 Å². The number of benzene rings is 2. The van der Waals surface area contributed by atoms with Gasteiger partial charge < -0.3 is 9.80 Å². The van der Waals surface area contributed by atoms with Crippen molar-refractivity contribution in [2.45, 2.75) is 5.25 Å². The van der Waals surface area contributed by atoms with E-state index in [1.54, 1.807) is 18.2 Å². The molecule has 1 amide bonds. The molecule has 8 heteroatoms. The summed E-state index contributed by atoms with van der Waals surface area (Å²) < 4.78 is 14.3. The molecule has 0 aliphatic carbocycles. The van der Waals surface area contributed by atoms with Gasteiger partial charge in [-0.1, -0.05) is 29.8 Å². The van der Waals surface area contributed by atoms with Crippen molar-refractivity contribution in [3.05, 3.63) is 53.6 Å². The molecule has 0 radical (unpaired) electrons. The lowest BCUT2D eigenvalue weighted by molar-refractivity contribution is -0.130. The van der Waals surface area contributed by atoms with Crippen LogP contribution in [0, 0.1) is 5.82 Å². The van der Waals surface area contributed by atoms with Crippen LogP contribution < -0.4 is 4.90 Å². The molecule has 0 unspecified atom stereocenters. The van der Waals surface area contributed by atoms with E-state index >= 15 is 0 Å². The zero-order chi connectivity index (χ0) is 20.0. The molecular formula is C21H19ClFN4OS+. The van der Waals surface area contributed by atoms with E-state index in [0.717, 1.165) is 17.0 Å². The fourth-order valence-electron chi connectivity index (χ4n) is 3.76. The predicted molar refractivity (Wildman–Crippen MR) is 116 cm³/mol. The van der Waals surface area contributed by atoms with Crippen molar-refractivity contribution < 1.29 is 9.18 Å². The Balaban J connectivity index is 1.46. The number of halogens is 2. The molecule has 2 saturated heterocycles. The molecule has 1 aromatic heterocycles. The Hall–Kier alpha value is -2.38. The molecule has 2 aromatic carbocycles. The number of carbonyl (C=O) groups excluding carboxylic acids is 1. The van der Waals surface area contributed by atoms with E-state index in [0.29, 0.717) is 47.8 Å². The molecule has 5 rings (SSSR count). The number of carbonyl (C=O) groups is 1. The van der Waals surface area contributed by atoms with E-state index in [4.69, 9.17) is 11.6 Å². The number of hydrogen-bond acceptors (Lipinski definition) is 4. The minimum atomic E-state index is -0.320. The van der Waals surface area contributed by atoms with Crippen LogP contribution in [0.3, 0.4) is 0 Å². The Kier molecular flexibility index (Phi) is 4.80. The number of fused-ring (bicyclic) bond motifs is 1. The summed E-state index contributed by atoms with van der Waals surface area (Å²) >= 11 is 7.79. The van der Waals surface area contributed by atoms with Gasteiger partial charge in [-0.05, 0) is 30.0 Å². The second-order valence-electron chi connectivity index (χ2n) is 7.22. The van der Waals surface area contributed by atoms with E-state index in [9.17, 15) is 9.18 Å². The maximum atomic E-state index is 14.3. The summed E-state index contributed by atoms with van der Waals surface area (Å²) in [5.74, 6) is 1.75. The highest BCUT2D eigenvalue weighted by Gasteiger charge is 2.45. The van der Waals surface area contributed by atoms with Crippen LogP contribution in [-0.2, 0) is 16.6 Å². The van der Waals surface area contributed by atoms with Crippen LogP contribution in [-0.4, -0.2) is 58.0 Å². The Morgan fingerprint density at radius 3 is 2.59 bits per heavy atom. The molecule has 2 aliphatic heterocycles. The van der Waals surface area contributed by atoms with Gasteiger partial charge in [0.05, 0.1) is 5.52 Å². The van der Waals surface area contributed by atoms with Gasteiger partial charge in [0.2, 0.25) is 5.25 Å². The zero-order valence-electron chi connectivity index (χ0n) is 15.6. The minimum absolute atomic E-state index is 0.219. The number of piperazine rings is 1. The number of amides is 1. The summed E-state index contributed by atoms with van der Waals surface area (Å²) in [5.41, 5.74) is 1.78. The highest BCUT2D eigenvalue weighted by Crippen LogP contribution is 2.35. The molecule has 0 N–H and O–H groups in total. The van der Waals surface area contributed by atoms with E-state index in [2.05, 4.69) is 14.9 Å². The fraction of sp³-hybridized carbons (Fsp3) is 0.286. The number of aromatic nitrogens is 2. The fourth-order valence-corrected chi connectivity index (χ4v) is 4.61. The van der Waals surface area contributed by atoms with Crippen molar-refractivity contribution in [1.29, 1.82) is 0 Å². The molecule has 0 bridgehead atoms. The first kappa shape index (κ1) is 18.6. The summed E-state index contributed by atoms with van der Waals surface area (Å²) in [5, 5.41) is 1.51. The Labute approximate surface area is 176 Å². The molecule has 2 aliphatic rings. The maximum absolute atomic E-state index is 14.3. The first-order valence-corrected chi connectivity index (χ1v) is 11.0. The maximum Gasteiger partial charge on any atom is 0.280 e. The van der Waals surface area contributed by atoms with Crippen molar-refractivity contribution >= 4 is 46.0 Å². The summed E-state index contributed by atoms with van der Waals surface area (Å²) in [6.07, 6.45) is 1.53. The molecule has 5 nitrogen and oxygen atoms in total. The Morgan fingerprint density at radius 2 is 1.86 bits per heavy atom. The topological polar surface area (TPSA) is 49.3 Å². The molecule has 148 valence electrons. The van der Waals surface area contributed by atoms with Gasteiger partial charge >= 0.3 is 0 Å². The monoisotopic (exact) mass is 429 g/mol. The van der Waals surface area contributed by atoms with E-state index in [-0.39, 0.29) is 17.0 Å². The van der Waals surface area contributed by atoms with Gasteiger partial charge in [0.15, 0.2) is 5.75 Å². The predicted octanol–water partition coefficient (Wildman–Crippen LogP) is 2.94. The zero-order valence-corrected chi connectivity index (χ0v) is 17.2.